The highest BCUT2D eigenvalue weighted by Gasteiger charge is 2.45. The molecule has 1 unspecified atom stereocenters. The predicted octanol–water partition coefficient (Wildman–Crippen LogP) is 0.0776. The quantitative estimate of drug-likeness (QED) is 0.719. The van der Waals surface area contributed by atoms with E-state index in [1.807, 2.05) is 0 Å². The summed E-state index contributed by atoms with van der Waals surface area (Å²) in [6.07, 6.45) is -7.62. The number of halogens is 3. The molecule has 1 aliphatic heterocycles. The van der Waals surface area contributed by atoms with Gasteiger partial charge >= 0.3 is 12.3 Å². The van der Waals surface area contributed by atoms with Crippen LogP contribution in [0.4, 0.5) is 18.0 Å². The number of hydrogen-bond acceptors (Lipinski definition) is 4. The Morgan fingerprint density at radius 3 is 2.56 bits per heavy atom. The van der Waals surface area contributed by atoms with Gasteiger partial charge in [-0.2, -0.15) is 13.2 Å². The zero-order valence-electron chi connectivity index (χ0n) is 8.57. The Morgan fingerprint density at radius 1 is 1.56 bits per heavy atom. The molecule has 0 spiro atoms. The summed E-state index contributed by atoms with van der Waals surface area (Å²) < 4.78 is 41.6. The minimum atomic E-state index is -4.37. The predicted molar refractivity (Wildman–Crippen MR) is 47.6 cm³/mol. The van der Waals surface area contributed by atoms with E-state index in [1.165, 1.54) is 0 Å². The summed E-state index contributed by atoms with van der Waals surface area (Å²) >= 11 is 0. The molecule has 1 amide bonds. The molecule has 1 aliphatic rings. The Morgan fingerprint density at radius 2 is 2.12 bits per heavy atom. The summed E-state index contributed by atoms with van der Waals surface area (Å²) in [7, 11) is 0. The molecular weight excluding hydrogens is 229 g/mol. The molecule has 16 heavy (non-hydrogen) atoms. The van der Waals surface area contributed by atoms with Gasteiger partial charge in [-0.05, 0) is 6.92 Å². The number of alkyl halides is 3. The van der Waals surface area contributed by atoms with E-state index < -0.39 is 30.5 Å². The van der Waals surface area contributed by atoms with Gasteiger partial charge in [0.2, 0.25) is 0 Å². The van der Waals surface area contributed by atoms with Gasteiger partial charge < -0.3 is 15.6 Å². The zero-order chi connectivity index (χ0) is 12.5. The van der Waals surface area contributed by atoms with Gasteiger partial charge in [0.1, 0.15) is 18.2 Å². The van der Waals surface area contributed by atoms with Crippen molar-refractivity contribution in [1.29, 1.82) is 0 Å². The maximum Gasteiger partial charge on any atom is 0.404 e. The van der Waals surface area contributed by atoms with Crippen LogP contribution in [0.1, 0.15) is 6.92 Å². The van der Waals surface area contributed by atoms with E-state index in [2.05, 4.69) is 4.74 Å². The Hall–Kier alpha value is -1.02. The van der Waals surface area contributed by atoms with Gasteiger partial charge in [-0.15, -0.1) is 0 Å². The molecule has 1 rings (SSSR count). The van der Waals surface area contributed by atoms with Crippen molar-refractivity contribution < 1.29 is 27.8 Å². The summed E-state index contributed by atoms with van der Waals surface area (Å²) in [6.45, 7) is 0.614. The van der Waals surface area contributed by atoms with E-state index in [1.54, 1.807) is 0 Å². The average Bonchev–Trinajstić information content (AvgIpc) is 2.44. The van der Waals surface area contributed by atoms with E-state index in [0.717, 1.165) is 11.8 Å². The summed E-state index contributed by atoms with van der Waals surface area (Å²) in [5, 5.41) is 9.38. The molecule has 0 aromatic carbocycles. The maximum absolute atomic E-state index is 12.4. The first-order valence-corrected chi connectivity index (χ1v) is 4.66. The van der Waals surface area contributed by atoms with Gasteiger partial charge in [-0.3, -0.25) is 4.90 Å². The molecule has 3 N–H and O–H groups in total. The Bertz CT molecular complexity index is 272. The number of hydrogen-bond donors (Lipinski definition) is 2. The lowest BCUT2D eigenvalue weighted by molar-refractivity contribution is -0.177. The van der Waals surface area contributed by atoms with Gasteiger partial charge in [-0.25, -0.2) is 4.79 Å². The highest BCUT2D eigenvalue weighted by atomic mass is 19.4. The van der Waals surface area contributed by atoms with Crippen molar-refractivity contribution in [2.75, 3.05) is 13.1 Å². The van der Waals surface area contributed by atoms with Crippen molar-refractivity contribution in [3.63, 3.8) is 0 Å². The van der Waals surface area contributed by atoms with E-state index in [-0.39, 0.29) is 13.1 Å². The normalized spacial score (nSPS) is 29.1. The number of amides is 1. The first-order chi connectivity index (χ1) is 7.21. The van der Waals surface area contributed by atoms with Gasteiger partial charge in [0.15, 0.2) is 0 Å². The van der Waals surface area contributed by atoms with Crippen LogP contribution in [-0.2, 0) is 4.74 Å². The number of carbonyl (C=O) groups excluding carboxylic acids is 1. The Balaban J connectivity index is 2.59. The van der Waals surface area contributed by atoms with Crippen LogP contribution < -0.4 is 5.73 Å². The molecule has 0 aromatic heterocycles. The molecule has 0 bridgehead atoms. The van der Waals surface area contributed by atoms with Crippen LogP contribution >= 0.6 is 0 Å². The second-order valence-corrected chi connectivity index (χ2v) is 3.71. The molecule has 94 valence electrons. The number of rotatable bonds is 2. The number of β-amino-alcohol motifs (C(OH)–C–C–N with tert-alkyl or cyclic N) is 1. The van der Waals surface area contributed by atoms with E-state index in [4.69, 9.17) is 5.73 Å². The molecule has 1 saturated heterocycles. The number of aliphatic hydroxyl groups is 1. The largest absolute Gasteiger partial charge is 0.442 e. The molecule has 1 heterocycles. The smallest absolute Gasteiger partial charge is 0.404 e. The number of carbonyl (C=O) groups is 1. The van der Waals surface area contributed by atoms with E-state index >= 15 is 0 Å². The van der Waals surface area contributed by atoms with Crippen molar-refractivity contribution in [2.24, 2.45) is 5.73 Å². The molecule has 8 heteroatoms. The number of likely N-dealkylation sites (tertiary alicyclic amines) is 1. The fourth-order valence-electron chi connectivity index (χ4n) is 1.57. The van der Waals surface area contributed by atoms with Gasteiger partial charge in [0.05, 0.1) is 0 Å². The number of nitrogens with zero attached hydrogens (tertiary/aromatic N) is 1. The van der Waals surface area contributed by atoms with Crippen molar-refractivity contribution in [2.45, 2.75) is 31.3 Å². The van der Waals surface area contributed by atoms with E-state index in [0.29, 0.717) is 0 Å². The second kappa shape index (κ2) is 4.46. The minimum absolute atomic E-state index is 0.176. The number of primary amides is 1. The third-order valence-corrected chi connectivity index (χ3v) is 2.55. The van der Waals surface area contributed by atoms with E-state index in [9.17, 15) is 23.1 Å². The summed E-state index contributed by atoms with van der Waals surface area (Å²) in [6, 6.07) is -1.69. The van der Waals surface area contributed by atoms with Gasteiger partial charge in [0, 0.05) is 13.1 Å². The average molecular weight is 242 g/mol. The number of ether oxygens (including phenoxy) is 1. The molecule has 3 atom stereocenters. The topological polar surface area (TPSA) is 75.8 Å². The second-order valence-electron chi connectivity index (χ2n) is 3.71. The fraction of sp³-hybridized carbons (Fsp3) is 0.875. The lowest BCUT2D eigenvalue weighted by atomic mass is 10.3. The molecule has 1 fully saturated rings. The van der Waals surface area contributed by atoms with Crippen molar-refractivity contribution in [3.8, 4) is 0 Å². The lowest BCUT2D eigenvalue weighted by Crippen LogP contribution is -2.43. The molecule has 0 saturated carbocycles. The van der Waals surface area contributed by atoms with Crippen LogP contribution in [0.2, 0.25) is 0 Å². The van der Waals surface area contributed by atoms with Crippen LogP contribution in [0.25, 0.3) is 0 Å². The fourth-order valence-corrected chi connectivity index (χ4v) is 1.57. The van der Waals surface area contributed by atoms with Crippen LogP contribution in [0.3, 0.4) is 0 Å². The van der Waals surface area contributed by atoms with Gasteiger partial charge in [0.25, 0.3) is 0 Å². The Labute approximate surface area is 90.0 Å². The van der Waals surface area contributed by atoms with Crippen LogP contribution in [-0.4, -0.2) is 53.6 Å². The number of nitrogens with two attached hydrogens (primary N) is 1. The minimum Gasteiger partial charge on any atom is -0.442 e. The third-order valence-electron chi connectivity index (χ3n) is 2.55. The highest BCUT2D eigenvalue weighted by Crippen LogP contribution is 2.27. The summed E-state index contributed by atoms with van der Waals surface area (Å²) in [5.74, 6) is 0. The molecule has 5 nitrogen and oxygen atoms in total. The molecular formula is C8H13F3N2O3. The lowest BCUT2D eigenvalue weighted by Gasteiger charge is -2.25. The highest BCUT2D eigenvalue weighted by molar-refractivity contribution is 5.64. The molecule has 0 aliphatic carbocycles. The van der Waals surface area contributed by atoms with Crippen molar-refractivity contribution in [3.05, 3.63) is 0 Å². The summed E-state index contributed by atoms with van der Waals surface area (Å²) in [4.78, 5) is 11.4. The van der Waals surface area contributed by atoms with Gasteiger partial charge in [-0.1, -0.05) is 0 Å². The summed E-state index contributed by atoms with van der Waals surface area (Å²) in [5.41, 5.74) is 4.73. The maximum atomic E-state index is 12.4. The third kappa shape index (κ3) is 2.99. The molecule has 0 aromatic rings. The van der Waals surface area contributed by atoms with Crippen molar-refractivity contribution in [1.82, 2.24) is 4.90 Å². The van der Waals surface area contributed by atoms with Crippen LogP contribution in [0.15, 0.2) is 0 Å². The zero-order valence-corrected chi connectivity index (χ0v) is 8.57. The monoisotopic (exact) mass is 242 g/mol. The van der Waals surface area contributed by atoms with Crippen LogP contribution in [0.5, 0.6) is 0 Å². The van der Waals surface area contributed by atoms with Crippen LogP contribution in [0, 0.1) is 0 Å². The number of aliphatic hydroxyl groups excluding tert-OH is 1. The standard InChI is InChI=1S/C8H13F3N2O3/c1-4(8(9,10)11)13-2-5(14)6(3-13)16-7(12)15/h4-6,14H,2-3H2,1H3,(H2,12,15)/t4?,5-,6-/m1/s1. The molecule has 0 radical (unpaired) electrons. The SMILES string of the molecule is CC(N1C[C@@H](O)[C@H](OC(N)=O)C1)C(F)(F)F. The Kier molecular flexibility index (Phi) is 3.64. The first kappa shape index (κ1) is 13.0. The first-order valence-electron chi connectivity index (χ1n) is 4.66. The van der Waals surface area contributed by atoms with Crippen molar-refractivity contribution >= 4 is 6.09 Å².